The smallest absolute Gasteiger partial charge is 0.409 e. The number of hydrogen-bond donors (Lipinski definition) is 1. The molecule has 2 aromatic rings. The first kappa shape index (κ1) is 23.5. The molecule has 0 bridgehead atoms. The minimum atomic E-state index is -0.818. The minimum Gasteiger partial charge on any atom is -0.500 e. The summed E-state index contributed by atoms with van der Waals surface area (Å²) in [4.78, 5) is 33.1. The van der Waals surface area contributed by atoms with Crippen molar-refractivity contribution in [1.82, 2.24) is 24.9 Å². The molecule has 2 aliphatic carbocycles. The van der Waals surface area contributed by atoms with E-state index in [0.717, 1.165) is 25.7 Å². The molecule has 11 nitrogen and oxygen atoms in total. The van der Waals surface area contributed by atoms with E-state index < -0.39 is 18.0 Å². The molecule has 180 valence electrons. The Morgan fingerprint density at radius 3 is 2.79 bits per heavy atom. The number of hydrogen-bond acceptors (Lipinski definition) is 7. The number of aryl methyl sites for hydroxylation is 1. The molecule has 34 heavy (non-hydrogen) atoms. The highest BCUT2D eigenvalue weighted by Gasteiger charge is 2.29. The zero-order valence-corrected chi connectivity index (χ0v) is 19.3. The van der Waals surface area contributed by atoms with Gasteiger partial charge in [-0.05, 0) is 56.6 Å². The first-order valence-corrected chi connectivity index (χ1v) is 11.4. The van der Waals surface area contributed by atoms with Gasteiger partial charge in [-0.25, -0.2) is 9.48 Å². The maximum Gasteiger partial charge on any atom is 0.409 e. The number of carbonyl (C=O) groups excluding carboxylic acids is 1. The van der Waals surface area contributed by atoms with Crippen molar-refractivity contribution in [3.63, 3.8) is 0 Å². The van der Waals surface area contributed by atoms with Crippen LogP contribution in [-0.4, -0.2) is 61.7 Å². The Hall–Kier alpha value is -3.68. The van der Waals surface area contributed by atoms with Gasteiger partial charge in [-0.2, -0.15) is 0 Å². The van der Waals surface area contributed by atoms with Gasteiger partial charge in [-0.15, -0.1) is 10.1 Å². The Bertz CT molecular complexity index is 1110. The second-order valence-corrected chi connectivity index (χ2v) is 8.96. The lowest BCUT2D eigenvalue weighted by Gasteiger charge is -2.27. The number of carbonyl (C=O) groups is 2. The molecule has 2 atom stereocenters. The molecule has 0 radical (unpaired) electrons. The second-order valence-electron chi connectivity index (χ2n) is 8.96. The molecule has 2 fully saturated rings. The number of aliphatic carboxylic acids is 1. The number of ether oxygens (including phenoxy) is 2. The Labute approximate surface area is 197 Å². The van der Waals surface area contributed by atoms with Crippen molar-refractivity contribution in [2.75, 3.05) is 13.6 Å². The van der Waals surface area contributed by atoms with E-state index in [4.69, 9.17) is 16.0 Å². The van der Waals surface area contributed by atoms with E-state index in [1.807, 2.05) is 0 Å². The number of rotatable bonds is 8. The standard InChI is InChI=1S/C23H28N6O5/c1-24-21-19(34-16-6-4-5-15(11-16)22(30)31)10-9-17(25-21)20-18(29(3)27-26-20)13-33-23(32)28(2)12-14-7-8-14/h9-10,14-16H,4-8,11-13H2,2-3H3,(H,30,31)/t15-,16-/m0/s1. The summed E-state index contributed by atoms with van der Waals surface area (Å²) in [5.74, 6) is -0.314. The zero-order chi connectivity index (χ0) is 24.2. The van der Waals surface area contributed by atoms with E-state index in [2.05, 4.69) is 20.1 Å². The SMILES string of the molecule is [C-]#[N+]c1nc(-c2nnn(C)c2COC(=O)N(C)CC2CC2)ccc1O[C@H]1CCC[C@H](C(=O)O)C1. The number of nitrogens with zero attached hydrogens (tertiary/aromatic N) is 6. The molecule has 2 aliphatic rings. The van der Waals surface area contributed by atoms with Gasteiger partial charge in [-0.1, -0.05) is 11.8 Å². The molecule has 2 aromatic heterocycles. The van der Waals surface area contributed by atoms with Crippen molar-refractivity contribution in [1.29, 1.82) is 0 Å². The molecule has 11 heteroatoms. The summed E-state index contributed by atoms with van der Waals surface area (Å²) >= 11 is 0. The highest BCUT2D eigenvalue weighted by molar-refractivity contribution is 5.70. The van der Waals surface area contributed by atoms with Crippen LogP contribution in [-0.2, 0) is 23.2 Å². The summed E-state index contributed by atoms with van der Waals surface area (Å²) < 4.78 is 12.9. The fraction of sp³-hybridized carbons (Fsp3) is 0.565. The Morgan fingerprint density at radius 2 is 2.09 bits per heavy atom. The fourth-order valence-electron chi connectivity index (χ4n) is 4.14. The molecule has 0 aliphatic heterocycles. The van der Waals surface area contributed by atoms with E-state index in [1.54, 1.807) is 31.1 Å². The molecule has 0 aromatic carbocycles. The van der Waals surface area contributed by atoms with E-state index in [9.17, 15) is 14.7 Å². The maximum atomic E-state index is 12.3. The van der Waals surface area contributed by atoms with E-state index in [0.29, 0.717) is 48.1 Å². The fourth-order valence-corrected chi connectivity index (χ4v) is 4.14. The second kappa shape index (κ2) is 10.1. The van der Waals surface area contributed by atoms with Gasteiger partial charge < -0.3 is 24.3 Å². The third kappa shape index (κ3) is 5.44. The van der Waals surface area contributed by atoms with Crippen LogP contribution in [0.15, 0.2) is 12.1 Å². The number of pyridine rings is 1. The van der Waals surface area contributed by atoms with Gasteiger partial charge in [-0.3, -0.25) is 4.79 Å². The normalized spacial score (nSPS) is 19.8. The Balaban J connectivity index is 1.46. The van der Waals surface area contributed by atoms with Crippen LogP contribution in [0, 0.1) is 18.4 Å². The molecule has 1 amide bonds. The average molecular weight is 469 g/mol. The van der Waals surface area contributed by atoms with E-state index in [-0.39, 0.29) is 18.5 Å². The molecule has 4 rings (SSSR count). The number of amides is 1. The molecular weight excluding hydrogens is 440 g/mol. The van der Waals surface area contributed by atoms with Crippen LogP contribution in [0.25, 0.3) is 16.2 Å². The molecule has 0 unspecified atom stereocenters. The summed E-state index contributed by atoms with van der Waals surface area (Å²) in [7, 11) is 3.42. The third-order valence-corrected chi connectivity index (χ3v) is 6.27. The highest BCUT2D eigenvalue weighted by Crippen LogP contribution is 2.34. The van der Waals surface area contributed by atoms with Crippen molar-refractivity contribution in [3.8, 4) is 17.1 Å². The molecule has 1 N–H and O–H groups in total. The lowest BCUT2D eigenvalue weighted by molar-refractivity contribution is -0.143. The van der Waals surface area contributed by atoms with Crippen molar-refractivity contribution in [3.05, 3.63) is 29.2 Å². The Morgan fingerprint density at radius 1 is 1.29 bits per heavy atom. The number of carboxylic acids is 1. The highest BCUT2D eigenvalue weighted by atomic mass is 16.6. The van der Waals surface area contributed by atoms with Gasteiger partial charge in [0.05, 0.1) is 12.0 Å². The van der Waals surface area contributed by atoms with Crippen LogP contribution in [0.4, 0.5) is 10.6 Å². The van der Waals surface area contributed by atoms with Crippen LogP contribution >= 0.6 is 0 Å². The molecule has 2 saturated carbocycles. The maximum absolute atomic E-state index is 12.3. The van der Waals surface area contributed by atoms with E-state index in [1.165, 1.54) is 4.68 Å². The van der Waals surface area contributed by atoms with E-state index >= 15 is 0 Å². The molecular formula is C23H28N6O5. The van der Waals surface area contributed by atoms with Crippen LogP contribution in [0.5, 0.6) is 5.75 Å². The number of aromatic nitrogens is 4. The van der Waals surface area contributed by atoms with Gasteiger partial charge >= 0.3 is 17.9 Å². The first-order chi connectivity index (χ1) is 16.4. The topological polar surface area (TPSA) is 124 Å². The predicted octanol–water partition coefficient (Wildman–Crippen LogP) is 3.43. The van der Waals surface area contributed by atoms with Crippen LogP contribution in [0.3, 0.4) is 0 Å². The van der Waals surface area contributed by atoms with Gasteiger partial charge in [0.1, 0.15) is 18.1 Å². The van der Waals surface area contributed by atoms with Gasteiger partial charge in [0.15, 0.2) is 11.4 Å². The monoisotopic (exact) mass is 468 g/mol. The summed E-state index contributed by atoms with van der Waals surface area (Å²) in [5, 5.41) is 17.5. The van der Waals surface area contributed by atoms with Gasteiger partial charge in [0.25, 0.3) is 0 Å². The van der Waals surface area contributed by atoms with Crippen molar-refractivity contribution >= 4 is 17.9 Å². The summed E-state index contributed by atoms with van der Waals surface area (Å²) in [6.45, 7) is 8.20. The van der Waals surface area contributed by atoms with Gasteiger partial charge in [0.2, 0.25) is 0 Å². The zero-order valence-electron chi connectivity index (χ0n) is 19.3. The lowest BCUT2D eigenvalue weighted by Crippen LogP contribution is -2.29. The molecule has 2 heterocycles. The van der Waals surface area contributed by atoms with Crippen LogP contribution in [0.1, 0.15) is 44.2 Å². The van der Waals surface area contributed by atoms with Crippen LogP contribution in [0.2, 0.25) is 0 Å². The van der Waals surface area contributed by atoms with Crippen LogP contribution < -0.4 is 4.74 Å². The first-order valence-electron chi connectivity index (χ1n) is 11.4. The summed E-state index contributed by atoms with van der Waals surface area (Å²) in [6.07, 6.45) is 4.14. The molecule has 0 saturated heterocycles. The minimum absolute atomic E-state index is 0.0292. The van der Waals surface area contributed by atoms with Crippen molar-refractivity contribution in [2.24, 2.45) is 18.9 Å². The third-order valence-electron chi connectivity index (χ3n) is 6.27. The predicted molar refractivity (Wildman–Crippen MR) is 120 cm³/mol. The summed E-state index contributed by atoms with van der Waals surface area (Å²) in [5.41, 5.74) is 1.39. The largest absolute Gasteiger partial charge is 0.500 e. The van der Waals surface area contributed by atoms with Gasteiger partial charge in [0, 0.05) is 20.6 Å². The summed E-state index contributed by atoms with van der Waals surface area (Å²) in [6, 6.07) is 3.32. The Kier molecular flexibility index (Phi) is 6.95. The number of carboxylic acid groups (broad SMARTS) is 1. The molecule has 0 spiro atoms. The van der Waals surface area contributed by atoms with Crippen molar-refractivity contribution < 1.29 is 24.2 Å². The van der Waals surface area contributed by atoms with Crippen molar-refractivity contribution in [2.45, 2.75) is 51.2 Å². The lowest BCUT2D eigenvalue weighted by atomic mass is 9.87. The quantitative estimate of drug-likeness (QED) is 0.585. The average Bonchev–Trinajstić information content (AvgIpc) is 3.57.